The molecule has 2 amide bonds. The van der Waals surface area contributed by atoms with E-state index >= 15 is 0 Å². The summed E-state index contributed by atoms with van der Waals surface area (Å²) in [5.41, 5.74) is 1.97. The van der Waals surface area contributed by atoms with Gasteiger partial charge in [0.2, 0.25) is 5.91 Å². The van der Waals surface area contributed by atoms with Crippen LogP contribution in [0.5, 0.6) is 0 Å². The first-order valence-corrected chi connectivity index (χ1v) is 9.20. The Morgan fingerprint density at radius 2 is 1.95 bits per heavy atom. The molecule has 0 spiro atoms. The molecule has 1 aromatic rings. The summed E-state index contributed by atoms with van der Waals surface area (Å²) in [4.78, 5) is 23.2. The lowest BCUT2D eigenvalue weighted by molar-refractivity contribution is -0.119. The van der Waals surface area contributed by atoms with E-state index in [1.54, 1.807) is 0 Å². The van der Waals surface area contributed by atoms with E-state index in [0.29, 0.717) is 29.7 Å². The van der Waals surface area contributed by atoms with Gasteiger partial charge in [-0.1, -0.05) is 12.1 Å². The van der Waals surface area contributed by atoms with Crippen LogP contribution in [0.4, 0.5) is 0 Å². The molecular weight excluding hydrogens is 304 g/mol. The topological polar surface area (TPSA) is 58.2 Å². The summed E-state index contributed by atoms with van der Waals surface area (Å²) in [6.07, 6.45) is 0.509. The Bertz CT molecular complexity index is 527. The molecule has 1 atom stereocenters. The summed E-state index contributed by atoms with van der Waals surface area (Å²) >= 11 is 3.92. The molecule has 2 aliphatic rings. The molecule has 1 aromatic carbocycles. The minimum absolute atomic E-state index is 0.0624. The third-order valence-corrected chi connectivity index (χ3v) is 6.78. The highest BCUT2D eigenvalue weighted by Gasteiger charge is 2.22. The molecule has 3 rings (SSSR count). The molecule has 2 saturated heterocycles. The second-order valence-corrected chi connectivity index (χ2v) is 8.00. The lowest BCUT2D eigenvalue weighted by Crippen LogP contribution is -2.30. The Morgan fingerprint density at radius 1 is 1.24 bits per heavy atom. The van der Waals surface area contributed by atoms with Crippen LogP contribution in [-0.4, -0.2) is 36.4 Å². The van der Waals surface area contributed by atoms with Crippen LogP contribution in [0.1, 0.15) is 26.9 Å². The Labute approximate surface area is 132 Å². The monoisotopic (exact) mass is 322 g/mol. The van der Waals surface area contributed by atoms with Gasteiger partial charge in [0, 0.05) is 42.5 Å². The van der Waals surface area contributed by atoms with Crippen molar-refractivity contribution in [3.05, 3.63) is 35.4 Å². The molecule has 2 fully saturated rings. The largest absolute Gasteiger partial charge is 0.356 e. The van der Waals surface area contributed by atoms with Crippen LogP contribution in [0.2, 0.25) is 0 Å². The summed E-state index contributed by atoms with van der Waals surface area (Å²) in [6, 6.07) is 7.88. The Hall–Kier alpha value is -1.14. The van der Waals surface area contributed by atoms with Gasteiger partial charge in [0.05, 0.1) is 4.58 Å². The minimum atomic E-state index is -0.0624. The predicted octanol–water partition coefficient (Wildman–Crippen LogP) is 2.03. The first-order valence-electron chi connectivity index (χ1n) is 7.10. The van der Waals surface area contributed by atoms with Crippen LogP contribution in [0, 0.1) is 5.92 Å². The maximum atomic E-state index is 12.1. The minimum Gasteiger partial charge on any atom is -0.356 e. The van der Waals surface area contributed by atoms with Crippen LogP contribution < -0.4 is 10.6 Å². The van der Waals surface area contributed by atoms with Crippen molar-refractivity contribution < 1.29 is 9.59 Å². The Kier molecular flexibility index (Phi) is 4.75. The van der Waals surface area contributed by atoms with E-state index in [2.05, 4.69) is 10.6 Å². The number of carbonyl (C=O) groups is 2. The third kappa shape index (κ3) is 3.74. The number of carbonyl (C=O) groups excluding carboxylic acids is 2. The smallest absolute Gasteiger partial charge is 0.251 e. The van der Waals surface area contributed by atoms with Crippen LogP contribution in [0.3, 0.4) is 0 Å². The summed E-state index contributed by atoms with van der Waals surface area (Å²) in [7, 11) is 0. The van der Waals surface area contributed by atoms with Crippen LogP contribution in [-0.2, 0) is 4.79 Å². The van der Waals surface area contributed by atoms with Gasteiger partial charge in [-0.3, -0.25) is 9.59 Å². The standard InChI is InChI=1S/C15H18N2O2S2/c18-13-7-10(8-16-13)9-17-14(19)11-1-3-12(4-2-11)15-20-5-6-21-15/h1-4,10,15H,5-9H2,(H,16,18)(H,17,19). The van der Waals surface area contributed by atoms with E-state index in [0.717, 1.165) is 0 Å². The van der Waals surface area contributed by atoms with E-state index in [1.165, 1.54) is 17.1 Å². The van der Waals surface area contributed by atoms with Crippen LogP contribution in [0.25, 0.3) is 0 Å². The normalized spacial score (nSPS) is 22.3. The fourth-order valence-corrected chi connectivity index (χ4v) is 5.35. The fourth-order valence-electron chi connectivity index (χ4n) is 2.49. The number of thioether (sulfide) groups is 2. The van der Waals surface area contributed by atoms with Gasteiger partial charge in [0.1, 0.15) is 0 Å². The second kappa shape index (κ2) is 6.75. The molecule has 6 heteroatoms. The van der Waals surface area contributed by atoms with Gasteiger partial charge in [-0.15, -0.1) is 23.5 Å². The average molecular weight is 322 g/mol. The van der Waals surface area contributed by atoms with Crippen molar-refractivity contribution in [2.75, 3.05) is 24.6 Å². The second-order valence-electron chi connectivity index (χ2n) is 5.28. The zero-order valence-corrected chi connectivity index (χ0v) is 13.3. The molecule has 2 N–H and O–H groups in total. The molecule has 0 aliphatic carbocycles. The summed E-state index contributed by atoms with van der Waals surface area (Å²) in [6.45, 7) is 1.21. The summed E-state index contributed by atoms with van der Waals surface area (Å²) in [5.74, 6) is 2.63. The number of hydrogen-bond acceptors (Lipinski definition) is 4. The molecule has 1 unspecified atom stereocenters. The van der Waals surface area contributed by atoms with Crippen molar-refractivity contribution in [2.24, 2.45) is 5.92 Å². The van der Waals surface area contributed by atoms with Crippen molar-refractivity contribution in [1.82, 2.24) is 10.6 Å². The molecule has 4 nitrogen and oxygen atoms in total. The highest BCUT2D eigenvalue weighted by molar-refractivity contribution is 8.19. The molecule has 0 bridgehead atoms. The third-order valence-electron chi connectivity index (χ3n) is 3.68. The van der Waals surface area contributed by atoms with E-state index in [1.807, 2.05) is 47.8 Å². The lowest BCUT2D eigenvalue weighted by atomic mass is 10.1. The molecule has 21 heavy (non-hydrogen) atoms. The van der Waals surface area contributed by atoms with Crippen LogP contribution in [0.15, 0.2) is 24.3 Å². The zero-order valence-electron chi connectivity index (χ0n) is 11.6. The number of nitrogens with one attached hydrogen (secondary N) is 2. The van der Waals surface area contributed by atoms with Gasteiger partial charge in [0.15, 0.2) is 0 Å². The summed E-state index contributed by atoms with van der Waals surface area (Å²) in [5, 5.41) is 5.69. The molecule has 0 radical (unpaired) electrons. The highest BCUT2D eigenvalue weighted by atomic mass is 32.2. The Morgan fingerprint density at radius 3 is 2.57 bits per heavy atom. The molecule has 0 aromatic heterocycles. The predicted molar refractivity (Wildman–Crippen MR) is 87.5 cm³/mol. The lowest BCUT2D eigenvalue weighted by Gasteiger charge is -2.11. The van der Waals surface area contributed by atoms with Gasteiger partial charge >= 0.3 is 0 Å². The van der Waals surface area contributed by atoms with E-state index in [4.69, 9.17) is 0 Å². The van der Waals surface area contributed by atoms with E-state index < -0.39 is 0 Å². The first-order chi connectivity index (χ1) is 10.2. The molecular formula is C15H18N2O2S2. The fraction of sp³-hybridized carbons (Fsp3) is 0.467. The van der Waals surface area contributed by atoms with Gasteiger partial charge in [0.25, 0.3) is 5.91 Å². The van der Waals surface area contributed by atoms with Crippen LogP contribution >= 0.6 is 23.5 Å². The van der Waals surface area contributed by atoms with Crippen molar-refractivity contribution in [3.63, 3.8) is 0 Å². The van der Waals surface area contributed by atoms with Crippen molar-refractivity contribution in [3.8, 4) is 0 Å². The zero-order chi connectivity index (χ0) is 14.7. The van der Waals surface area contributed by atoms with Crippen molar-refractivity contribution in [1.29, 1.82) is 0 Å². The molecule has 2 aliphatic heterocycles. The first kappa shape index (κ1) is 14.8. The molecule has 0 saturated carbocycles. The summed E-state index contributed by atoms with van der Waals surface area (Å²) < 4.78 is 0.512. The van der Waals surface area contributed by atoms with Crippen molar-refractivity contribution >= 4 is 35.3 Å². The van der Waals surface area contributed by atoms with Gasteiger partial charge in [-0.25, -0.2) is 0 Å². The SMILES string of the molecule is O=C1CC(CNC(=O)c2ccc(C3SCCS3)cc2)CN1. The maximum Gasteiger partial charge on any atom is 0.251 e. The van der Waals surface area contributed by atoms with Gasteiger partial charge in [-0.2, -0.15) is 0 Å². The van der Waals surface area contributed by atoms with Crippen molar-refractivity contribution in [2.45, 2.75) is 11.0 Å². The Balaban J connectivity index is 1.53. The highest BCUT2D eigenvalue weighted by Crippen LogP contribution is 2.45. The number of amides is 2. The number of hydrogen-bond donors (Lipinski definition) is 2. The average Bonchev–Trinajstić information content (AvgIpc) is 3.16. The number of benzene rings is 1. The van der Waals surface area contributed by atoms with Gasteiger partial charge < -0.3 is 10.6 Å². The molecule has 2 heterocycles. The quantitative estimate of drug-likeness (QED) is 0.890. The van der Waals surface area contributed by atoms with Gasteiger partial charge in [-0.05, 0) is 17.7 Å². The van der Waals surface area contributed by atoms with E-state index in [-0.39, 0.29) is 17.7 Å². The molecule has 112 valence electrons. The number of rotatable bonds is 4. The maximum absolute atomic E-state index is 12.1. The van der Waals surface area contributed by atoms with E-state index in [9.17, 15) is 9.59 Å².